The molecule has 1 atom stereocenters. The van der Waals surface area contributed by atoms with Crippen LogP contribution in [0.3, 0.4) is 0 Å². The molecule has 0 spiro atoms. The number of carbonyl (C=O) groups is 1. The molecule has 1 aliphatic rings. The third-order valence-corrected chi connectivity index (χ3v) is 6.90. The Morgan fingerprint density at radius 2 is 1.23 bits per heavy atom. The zero-order valence-electron chi connectivity index (χ0n) is 20.1. The molecule has 1 amide bonds. The fourth-order valence-electron chi connectivity index (χ4n) is 5.00. The Balaban J connectivity index is 1.42. The van der Waals surface area contributed by atoms with Gasteiger partial charge in [-0.25, -0.2) is 0 Å². The maximum absolute atomic E-state index is 14.2. The Kier molecular flexibility index (Phi) is 7.35. The van der Waals surface area contributed by atoms with E-state index in [1.807, 2.05) is 30.3 Å². The molecule has 1 aliphatic heterocycles. The second-order valence-electron chi connectivity index (χ2n) is 9.36. The lowest BCUT2D eigenvalue weighted by molar-refractivity contribution is -0.138. The van der Waals surface area contributed by atoms with Gasteiger partial charge in [0.25, 0.3) is 0 Å². The minimum atomic E-state index is -0.176. The van der Waals surface area contributed by atoms with E-state index in [9.17, 15) is 4.79 Å². The van der Waals surface area contributed by atoms with Gasteiger partial charge in [-0.05, 0) is 40.7 Å². The van der Waals surface area contributed by atoms with E-state index in [1.165, 1.54) is 27.8 Å². The number of hydrogen-bond donors (Lipinski definition) is 0. The summed E-state index contributed by atoms with van der Waals surface area (Å²) in [6, 6.07) is 39.7. The summed E-state index contributed by atoms with van der Waals surface area (Å²) in [7, 11) is 0. The fraction of sp³-hybridized carbons (Fsp3) is 0.219. The van der Waals surface area contributed by atoms with E-state index in [4.69, 9.17) is 0 Å². The number of fused-ring (bicyclic) bond motifs is 1. The summed E-state index contributed by atoms with van der Waals surface area (Å²) < 4.78 is 0. The lowest BCUT2D eigenvalue weighted by Crippen LogP contribution is -2.51. The second kappa shape index (κ2) is 11.2. The van der Waals surface area contributed by atoms with Crippen LogP contribution in [0, 0.1) is 0 Å². The van der Waals surface area contributed by atoms with E-state index >= 15 is 0 Å². The van der Waals surface area contributed by atoms with Crippen LogP contribution in [-0.2, 0) is 37.3 Å². The zero-order chi connectivity index (χ0) is 23.9. The summed E-state index contributed by atoms with van der Waals surface area (Å²) >= 11 is 0. The van der Waals surface area contributed by atoms with Crippen LogP contribution in [0.5, 0.6) is 0 Å². The Morgan fingerprint density at radius 3 is 1.89 bits per heavy atom. The first kappa shape index (κ1) is 23.1. The third-order valence-electron chi connectivity index (χ3n) is 6.90. The minimum Gasteiger partial charge on any atom is -0.337 e. The maximum atomic E-state index is 14.2. The van der Waals surface area contributed by atoms with Crippen molar-refractivity contribution in [2.75, 3.05) is 6.54 Å². The van der Waals surface area contributed by atoms with E-state index < -0.39 is 0 Å². The van der Waals surface area contributed by atoms with Crippen LogP contribution in [0.1, 0.15) is 27.8 Å². The molecule has 0 saturated heterocycles. The van der Waals surface area contributed by atoms with Crippen LogP contribution >= 0.6 is 0 Å². The first-order chi connectivity index (χ1) is 17.3. The van der Waals surface area contributed by atoms with Gasteiger partial charge >= 0.3 is 0 Å². The molecule has 176 valence electrons. The van der Waals surface area contributed by atoms with Gasteiger partial charge in [-0.2, -0.15) is 0 Å². The van der Waals surface area contributed by atoms with Crippen molar-refractivity contribution in [2.24, 2.45) is 0 Å². The highest BCUT2D eigenvalue weighted by molar-refractivity contribution is 5.82. The lowest BCUT2D eigenvalue weighted by Gasteiger charge is -2.39. The molecule has 0 N–H and O–H groups in total. The molecule has 0 aliphatic carbocycles. The maximum Gasteiger partial charge on any atom is 0.240 e. The minimum absolute atomic E-state index is 0.176. The van der Waals surface area contributed by atoms with Crippen molar-refractivity contribution in [2.45, 2.75) is 38.5 Å². The summed E-state index contributed by atoms with van der Waals surface area (Å²) in [5, 5.41) is 0. The smallest absolute Gasteiger partial charge is 0.240 e. The molecule has 3 heteroatoms. The molecular formula is C32H32N2O. The van der Waals surface area contributed by atoms with Crippen LogP contribution in [0.2, 0.25) is 0 Å². The van der Waals surface area contributed by atoms with Crippen molar-refractivity contribution in [1.82, 2.24) is 9.80 Å². The zero-order valence-corrected chi connectivity index (χ0v) is 20.1. The first-order valence-electron chi connectivity index (χ1n) is 12.5. The monoisotopic (exact) mass is 460 g/mol. The SMILES string of the molecule is O=C(C1Cc2ccccc2CN1Cc1ccccc1)N(CCc1ccccc1)Cc1ccccc1. The van der Waals surface area contributed by atoms with E-state index in [2.05, 4.69) is 94.7 Å². The number of rotatable bonds is 8. The second-order valence-corrected chi connectivity index (χ2v) is 9.36. The average Bonchev–Trinajstić information content (AvgIpc) is 2.92. The molecule has 0 aromatic heterocycles. The number of nitrogens with zero attached hydrogens (tertiary/aromatic N) is 2. The van der Waals surface area contributed by atoms with Crippen LogP contribution < -0.4 is 0 Å². The highest BCUT2D eigenvalue weighted by atomic mass is 16.2. The van der Waals surface area contributed by atoms with E-state index in [1.54, 1.807) is 0 Å². The van der Waals surface area contributed by atoms with Gasteiger partial charge in [0.15, 0.2) is 0 Å². The molecule has 3 nitrogen and oxygen atoms in total. The molecule has 35 heavy (non-hydrogen) atoms. The van der Waals surface area contributed by atoms with Crippen LogP contribution in [0.25, 0.3) is 0 Å². The van der Waals surface area contributed by atoms with Crippen LogP contribution in [0.15, 0.2) is 115 Å². The van der Waals surface area contributed by atoms with Gasteiger partial charge in [0.05, 0.1) is 6.04 Å². The molecule has 4 aromatic carbocycles. The van der Waals surface area contributed by atoms with Gasteiger partial charge in [-0.15, -0.1) is 0 Å². The van der Waals surface area contributed by atoms with Crippen molar-refractivity contribution < 1.29 is 4.79 Å². The quantitative estimate of drug-likeness (QED) is 0.328. The summed E-state index contributed by atoms with van der Waals surface area (Å²) in [4.78, 5) is 18.6. The average molecular weight is 461 g/mol. The Bertz CT molecular complexity index is 1220. The number of hydrogen-bond acceptors (Lipinski definition) is 2. The van der Waals surface area contributed by atoms with Gasteiger partial charge in [-0.3, -0.25) is 9.69 Å². The summed E-state index contributed by atoms with van der Waals surface area (Å²) in [6.45, 7) is 2.89. The standard InChI is InChI=1S/C32H32N2O/c35-32(33(23-27-14-6-2-7-15-27)21-20-26-12-4-1-5-13-26)31-22-29-18-10-11-19-30(29)25-34(31)24-28-16-8-3-9-17-28/h1-19,31H,20-25H2. The van der Waals surface area contributed by atoms with E-state index in [0.29, 0.717) is 13.1 Å². The fourth-order valence-corrected chi connectivity index (χ4v) is 5.00. The predicted octanol–water partition coefficient (Wildman–Crippen LogP) is 5.89. The van der Waals surface area contributed by atoms with Gasteiger partial charge < -0.3 is 4.90 Å². The molecule has 5 rings (SSSR count). The summed E-state index contributed by atoms with van der Waals surface area (Å²) in [5.74, 6) is 0.218. The lowest BCUT2D eigenvalue weighted by atomic mass is 9.92. The summed E-state index contributed by atoms with van der Waals surface area (Å²) in [5.41, 5.74) is 6.28. The van der Waals surface area contributed by atoms with Crippen molar-refractivity contribution in [3.8, 4) is 0 Å². The van der Waals surface area contributed by atoms with Gasteiger partial charge in [0.1, 0.15) is 0 Å². The molecule has 0 bridgehead atoms. The molecule has 4 aromatic rings. The molecule has 1 unspecified atom stereocenters. The van der Waals surface area contributed by atoms with Crippen LogP contribution in [-0.4, -0.2) is 28.3 Å². The Morgan fingerprint density at radius 1 is 0.686 bits per heavy atom. The van der Waals surface area contributed by atoms with Gasteiger partial charge in [0, 0.05) is 26.2 Å². The van der Waals surface area contributed by atoms with Crippen molar-refractivity contribution >= 4 is 5.91 Å². The highest BCUT2D eigenvalue weighted by Gasteiger charge is 2.34. The first-order valence-corrected chi connectivity index (χ1v) is 12.5. The van der Waals surface area contributed by atoms with Crippen molar-refractivity contribution in [3.05, 3.63) is 143 Å². The molecule has 0 radical (unpaired) electrons. The van der Waals surface area contributed by atoms with E-state index in [-0.39, 0.29) is 11.9 Å². The Hall–Kier alpha value is -3.69. The van der Waals surface area contributed by atoms with Crippen molar-refractivity contribution in [1.29, 1.82) is 0 Å². The highest BCUT2D eigenvalue weighted by Crippen LogP contribution is 2.27. The predicted molar refractivity (Wildman–Crippen MR) is 142 cm³/mol. The van der Waals surface area contributed by atoms with E-state index in [0.717, 1.165) is 25.9 Å². The molecular weight excluding hydrogens is 428 g/mol. The third kappa shape index (κ3) is 5.87. The van der Waals surface area contributed by atoms with Gasteiger partial charge in [0.2, 0.25) is 5.91 Å². The molecule has 0 saturated carbocycles. The summed E-state index contributed by atoms with van der Waals surface area (Å²) in [6.07, 6.45) is 1.60. The number of benzene rings is 4. The van der Waals surface area contributed by atoms with Crippen LogP contribution in [0.4, 0.5) is 0 Å². The van der Waals surface area contributed by atoms with Crippen molar-refractivity contribution in [3.63, 3.8) is 0 Å². The topological polar surface area (TPSA) is 23.6 Å². The number of carbonyl (C=O) groups excluding carboxylic acids is 1. The molecule has 0 fully saturated rings. The number of amides is 1. The van der Waals surface area contributed by atoms with Gasteiger partial charge in [-0.1, -0.05) is 115 Å². The largest absolute Gasteiger partial charge is 0.337 e. The normalized spacial score (nSPS) is 15.4. The molecule has 1 heterocycles. The Labute approximate surface area is 208 Å².